The molecule has 1 amide bonds. The summed E-state index contributed by atoms with van der Waals surface area (Å²) in [5.41, 5.74) is 1.59. The van der Waals surface area contributed by atoms with Gasteiger partial charge in [0.25, 0.3) is 0 Å². The zero-order valence-electron chi connectivity index (χ0n) is 15.5. The van der Waals surface area contributed by atoms with Gasteiger partial charge in [-0.15, -0.1) is 5.10 Å². The van der Waals surface area contributed by atoms with Gasteiger partial charge in [-0.3, -0.25) is 4.79 Å². The van der Waals surface area contributed by atoms with Gasteiger partial charge in [-0.05, 0) is 59.1 Å². The molecule has 0 aliphatic rings. The van der Waals surface area contributed by atoms with Gasteiger partial charge in [0.15, 0.2) is 5.16 Å². The normalized spacial score (nSPS) is 11.0. The SMILES string of the molecule is CC(C)CC(=O)Nc1ccccc1Sc1nc(Cl)nn1Cc1ccc(F)cc1. The molecule has 0 radical (unpaired) electrons. The molecule has 1 heterocycles. The Balaban J connectivity index is 1.81. The van der Waals surface area contributed by atoms with Crippen molar-refractivity contribution in [3.8, 4) is 0 Å². The Morgan fingerprint density at radius 2 is 1.93 bits per heavy atom. The molecule has 0 bridgehead atoms. The first kappa shape index (κ1) is 20.4. The lowest BCUT2D eigenvalue weighted by atomic mass is 10.1. The fraction of sp³-hybridized carbons (Fsp3) is 0.250. The van der Waals surface area contributed by atoms with Gasteiger partial charge in [0.1, 0.15) is 5.82 Å². The minimum atomic E-state index is -0.291. The van der Waals surface area contributed by atoms with Crippen LogP contribution in [0.5, 0.6) is 0 Å². The zero-order valence-corrected chi connectivity index (χ0v) is 17.1. The van der Waals surface area contributed by atoms with E-state index in [1.165, 1.54) is 23.9 Å². The highest BCUT2D eigenvalue weighted by molar-refractivity contribution is 7.99. The van der Waals surface area contributed by atoms with Crippen LogP contribution in [0.2, 0.25) is 5.28 Å². The highest BCUT2D eigenvalue weighted by atomic mass is 35.5. The topological polar surface area (TPSA) is 59.8 Å². The van der Waals surface area contributed by atoms with Gasteiger partial charge < -0.3 is 5.32 Å². The summed E-state index contributed by atoms with van der Waals surface area (Å²) in [5, 5.41) is 7.89. The van der Waals surface area contributed by atoms with Gasteiger partial charge in [-0.2, -0.15) is 4.98 Å². The average Bonchev–Trinajstić information content (AvgIpc) is 2.97. The number of para-hydroxylation sites is 1. The van der Waals surface area contributed by atoms with E-state index in [4.69, 9.17) is 11.6 Å². The average molecular weight is 419 g/mol. The Labute approximate surface area is 172 Å². The quantitative estimate of drug-likeness (QED) is 0.569. The lowest BCUT2D eigenvalue weighted by Crippen LogP contribution is -2.14. The van der Waals surface area contributed by atoms with Crippen LogP contribution in [0.3, 0.4) is 0 Å². The standard InChI is InChI=1S/C20H20ClFN4OS/c1-13(2)11-18(27)23-16-5-3-4-6-17(16)28-20-24-19(21)25-26(20)12-14-7-9-15(22)10-8-14/h3-10,13H,11-12H2,1-2H3,(H,23,27). The van der Waals surface area contributed by atoms with Gasteiger partial charge in [-0.1, -0.05) is 38.1 Å². The molecule has 0 atom stereocenters. The van der Waals surface area contributed by atoms with Crippen molar-refractivity contribution in [1.29, 1.82) is 0 Å². The third kappa shape index (κ3) is 5.56. The second kappa shape index (κ2) is 9.21. The summed E-state index contributed by atoms with van der Waals surface area (Å²) >= 11 is 7.38. The summed E-state index contributed by atoms with van der Waals surface area (Å²) in [6.45, 7) is 4.41. The number of benzene rings is 2. The fourth-order valence-electron chi connectivity index (χ4n) is 2.57. The van der Waals surface area contributed by atoms with E-state index in [2.05, 4.69) is 15.4 Å². The molecule has 146 valence electrons. The van der Waals surface area contributed by atoms with Gasteiger partial charge >= 0.3 is 0 Å². The van der Waals surface area contributed by atoms with Crippen molar-refractivity contribution in [2.45, 2.75) is 36.9 Å². The molecule has 0 saturated heterocycles. The molecule has 0 saturated carbocycles. The molecule has 2 aromatic carbocycles. The molecule has 0 aliphatic heterocycles. The predicted molar refractivity (Wildman–Crippen MR) is 109 cm³/mol. The minimum absolute atomic E-state index is 0.0335. The second-order valence-corrected chi connectivity index (χ2v) is 8.04. The van der Waals surface area contributed by atoms with Crippen LogP contribution in [-0.4, -0.2) is 20.7 Å². The lowest BCUT2D eigenvalue weighted by molar-refractivity contribution is -0.116. The maximum atomic E-state index is 13.1. The number of hydrogen-bond acceptors (Lipinski definition) is 4. The minimum Gasteiger partial charge on any atom is -0.325 e. The van der Waals surface area contributed by atoms with Crippen molar-refractivity contribution < 1.29 is 9.18 Å². The molecule has 0 aliphatic carbocycles. The summed E-state index contributed by atoms with van der Waals surface area (Å²) in [5.74, 6) is -0.0488. The molecule has 0 unspecified atom stereocenters. The summed E-state index contributed by atoms with van der Waals surface area (Å²) in [6, 6.07) is 13.7. The van der Waals surface area contributed by atoms with Gasteiger partial charge in [-0.25, -0.2) is 9.07 Å². The molecule has 3 aromatic rings. The maximum Gasteiger partial charge on any atom is 0.243 e. The maximum absolute atomic E-state index is 13.1. The number of aromatic nitrogens is 3. The van der Waals surface area contributed by atoms with Crippen molar-refractivity contribution in [2.24, 2.45) is 5.92 Å². The summed E-state index contributed by atoms with van der Waals surface area (Å²) in [6.07, 6.45) is 0.450. The first-order valence-electron chi connectivity index (χ1n) is 8.82. The van der Waals surface area contributed by atoms with Gasteiger partial charge in [0.05, 0.1) is 12.2 Å². The van der Waals surface area contributed by atoms with E-state index in [1.54, 1.807) is 16.8 Å². The first-order valence-corrected chi connectivity index (χ1v) is 10.0. The van der Waals surface area contributed by atoms with Crippen LogP contribution < -0.4 is 5.32 Å². The van der Waals surface area contributed by atoms with Crippen molar-refractivity contribution in [1.82, 2.24) is 14.8 Å². The van der Waals surface area contributed by atoms with E-state index in [9.17, 15) is 9.18 Å². The lowest BCUT2D eigenvalue weighted by Gasteiger charge is -2.12. The highest BCUT2D eigenvalue weighted by Crippen LogP contribution is 2.33. The highest BCUT2D eigenvalue weighted by Gasteiger charge is 2.15. The second-order valence-electron chi connectivity index (χ2n) is 6.69. The Morgan fingerprint density at radius 1 is 1.21 bits per heavy atom. The van der Waals surface area contributed by atoms with Crippen LogP contribution in [0, 0.1) is 11.7 Å². The predicted octanol–water partition coefficient (Wildman–Crippen LogP) is 5.25. The van der Waals surface area contributed by atoms with Crippen molar-refractivity contribution in [2.75, 3.05) is 5.32 Å². The molecule has 5 nitrogen and oxygen atoms in total. The number of hydrogen-bond donors (Lipinski definition) is 1. The fourth-order valence-corrected chi connectivity index (χ4v) is 3.71. The molecule has 3 rings (SSSR count). The van der Waals surface area contributed by atoms with Crippen LogP contribution in [0.1, 0.15) is 25.8 Å². The zero-order chi connectivity index (χ0) is 20.1. The molecular formula is C20H20ClFN4OS. The van der Waals surface area contributed by atoms with Crippen molar-refractivity contribution in [3.63, 3.8) is 0 Å². The van der Waals surface area contributed by atoms with E-state index in [-0.39, 0.29) is 22.9 Å². The number of anilines is 1. The van der Waals surface area contributed by atoms with Crippen LogP contribution in [0.4, 0.5) is 10.1 Å². The molecule has 28 heavy (non-hydrogen) atoms. The number of halogens is 2. The Bertz CT molecular complexity index is 959. The molecule has 1 N–H and O–H groups in total. The number of nitrogens with zero attached hydrogens (tertiary/aromatic N) is 3. The Hall–Kier alpha value is -2.38. The van der Waals surface area contributed by atoms with Gasteiger partial charge in [0, 0.05) is 11.3 Å². The van der Waals surface area contributed by atoms with E-state index >= 15 is 0 Å². The summed E-state index contributed by atoms with van der Waals surface area (Å²) in [7, 11) is 0. The van der Waals surface area contributed by atoms with Crippen LogP contribution in [-0.2, 0) is 11.3 Å². The number of amides is 1. The van der Waals surface area contributed by atoms with Crippen LogP contribution in [0.25, 0.3) is 0 Å². The van der Waals surface area contributed by atoms with E-state index < -0.39 is 0 Å². The third-order valence-corrected chi connectivity index (χ3v) is 5.03. The largest absolute Gasteiger partial charge is 0.325 e. The van der Waals surface area contributed by atoms with Crippen molar-refractivity contribution >= 4 is 35.0 Å². The Kier molecular flexibility index (Phi) is 6.70. The molecule has 0 spiro atoms. The molecule has 1 aromatic heterocycles. The molecule has 0 fully saturated rings. The number of rotatable bonds is 7. The smallest absolute Gasteiger partial charge is 0.243 e. The van der Waals surface area contributed by atoms with Crippen LogP contribution in [0.15, 0.2) is 58.6 Å². The van der Waals surface area contributed by atoms with Crippen LogP contribution >= 0.6 is 23.4 Å². The van der Waals surface area contributed by atoms with Gasteiger partial charge in [0.2, 0.25) is 11.2 Å². The third-order valence-electron chi connectivity index (χ3n) is 3.81. The van der Waals surface area contributed by atoms with E-state index in [0.29, 0.717) is 23.8 Å². The number of carbonyl (C=O) groups is 1. The summed E-state index contributed by atoms with van der Waals surface area (Å²) < 4.78 is 14.8. The number of carbonyl (C=O) groups excluding carboxylic acids is 1. The monoisotopic (exact) mass is 418 g/mol. The number of nitrogens with one attached hydrogen (secondary N) is 1. The van der Waals surface area contributed by atoms with E-state index in [1.807, 2.05) is 38.1 Å². The summed E-state index contributed by atoms with van der Waals surface area (Å²) in [4.78, 5) is 17.3. The molecular weight excluding hydrogens is 399 g/mol. The van der Waals surface area contributed by atoms with Crippen molar-refractivity contribution in [3.05, 3.63) is 65.2 Å². The Morgan fingerprint density at radius 3 is 2.64 bits per heavy atom. The van der Waals surface area contributed by atoms with E-state index in [0.717, 1.165) is 10.5 Å². The molecule has 8 heteroatoms. The first-order chi connectivity index (χ1) is 13.4.